The zero-order valence-corrected chi connectivity index (χ0v) is 18.3. The quantitative estimate of drug-likeness (QED) is 0.445. The Morgan fingerprint density at radius 2 is 1.76 bits per heavy atom. The largest absolute Gasteiger partial charge is 0.497 e. The number of thioether (sulfide) groups is 1. The van der Waals surface area contributed by atoms with Crippen molar-refractivity contribution in [3.8, 4) is 17.1 Å². The van der Waals surface area contributed by atoms with Gasteiger partial charge in [0.2, 0.25) is 0 Å². The molecule has 0 atom stereocenters. The van der Waals surface area contributed by atoms with Gasteiger partial charge < -0.3 is 4.74 Å². The summed E-state index contributed by atoms with van der Waals surface area (Å²) in [6, 6.07) is 15.3. The fourth-order valence-corrected chi connectivity index (χ4v) is 5.15. The maximum Gasteiger partial charge on any atom is 0.192 e. The van der Waals surface area contributed by atoms with Crippen LogP contribution in [0.25, 0.3) is 11.4 Å². The average molecular weight is 408 g/mol. The Kier molecular flexibility index (Phi) is 6.24. The molecule has 0 radical (unpaired) electrons. The fraction of sp³-hybridized carbons (Fsp3) is 0.417. The highest BCUT2D eigenvalue weighted by molar-refractivity contribution is 7.98. The highest BCUT2D eigenvalue weighted by Gasteiger charge is 2.24. The van der Waals surface area contributed by atoms with Crippen molar-refractivity contribution in [2.45, 2.75) is 62.9 Å². The molecule has 0 saturated heterocycles. The number of hydrogen-bond acceptors (Lipinski definition) is 4. The first kappa shape index (κ1) is 20.0. The lowest BCUT2D eigenvalue weighted by Gasteiger charge is -2.25. The van der Waals surface area contributed by atoms with Gasteiger partial charge in [0.25, 0.3) is 0 Å². The first-order valence-corrected chi connectivity index (χ1v) is 11.4. The minimum absolute atomic E-state index is 0.483. The van der Waals surface area contributed by atoms with Crippen LogP contribution in [0, 0.1) is 13.8 Å². The number of nitrogens with zero attached hydrogens (tertiary/aromatic N) is 3. The van der Waals surface area contributed by atoms with Gasteiger partial charge in [-0.25, -0.2) is 0 Å². The highest BCUT2D eigenvalue weighted by atomic mass is 32.2. The van der Waals surface area contributed by atoms with E-state index in [1.165, 1.54) is 48.8 Å². The summed E-state index contributed by atoms with van der Waals surface area (Å²) in [6.07, 6.45) is 6.32. The van der Waals surface area contributed by atoms with Crippen LogP contribution in [-0.2, 0) is 5.75 Å². The van der Waals surface area contributed by atoms with E-state index in [0.717, 1.165) is 28.0 Å². The second-order valence-electron chi connectivity index (χ2n) is 7.92. The summed E-state index contributed by atoms with van der Waals surface area (Å²) in [7, 11) is 1.70. The van der Waals surface area contributed by atoms with Crippen molar-refractivity contribution >= 4 is 11.8 Å². The molecule has 1 heterocycles. The number of hydrogen-bond donors (Lipinski definition) is 0. The molecule has 1 aliphatic carbocycles. The van der Waals surface area contributed by atoms with Crippen LogP contribution in [0.15, 0.2) is 47.6 Å². The number of rotatable bonds is 6. The summed E-state index contributed by atoms with van der Waals surface area (Å²) < 4.78 is 7.72. The molecule has 0 N–H and O–H groups in total. The van der Waals surface area contributed by atoms with Crippen molar-refractivity contribution in [3.63, 3.8) is 0 Å². The van der Waals surface area contributed by atoms with E-state index in [1.807, 2.05) is 12.1 Å². The Bertz CT molecular complexity index is 959. The maximum atomic E-state index is 5.32. The minimum Gasteiger partial charge on any atom is -0.497 e. The molecule has 4 rings (SSSR count). The number of ether oxygens (including phenoxy) is 1. The van der Waals surface area contributed by atoms with Crippen LogP contribution in [0.5, 0.6) is 5.75 Å². The van der Waals surface area contributed by atoms with Crippen molar-refractivity contribution < 1.29 is 4.74 Å². The van der Waals surface area contributed by atoms with E-state index in [0.29, 0.717) is 6.04 Å². The van der Waals surface area contributed by atoms with Gasteiger partial charge in [0.05, 0.1) is 7.11 Å². The lowest BCUT2D eigenvalue weighted by Crippen LogP contribution is -2.15. The van der Waals surface area contributed by atoms with E-state index in [9.17, 15) is 0 Å². The SMILES string of the molecule is COc1ccc(-c2nnc(SCc3cc(C)ccc3C)n2C2CCCCC2)cc1. The van der Waals surface area contributed by atoms with Gasteiger partial charge in [-0.15, -0.1) is 10.2 Å². The van der Waals surface area contributed by atoms with Crippen LogP contribution >= 0.6 is 11.8 Å². The molecule has 1 saturated carbocycles. The van der Waals surface area contributed by atoms with Crippen molar-refractivity contribution in [2.24, 2.45) is 0 Å². The third kappa shape index (κ3) is 4.50. The van der Waals surface area contributed by atoms with Crippen LogP contribution in [0.4, 0.5) is 0 Å². The van der Waals surface area contributed by atoms with Crippen molar-refractivity contribution in [1.82, 2.24) is 14.8 Å². The highest BCUT2D eigenvalue weighted by Crippen LogP contribution is 2.37. The van der Waals surface area contributed by atoms with Gasteiger partial charge in [-0.1, -0.05) is 54.8 Å². The number of benzene rings is 2. The van der Waals surface area contributed by atoms with Crippen LogP contribution < -0.4 is 4.74 Å². The second kappa shape index (κ2) is 9.04. The van der Waals surface area contributed by atoms with Gasteiger partial charge in [0, 0.05) is 17.4 Å². The number of aromatic nitrogens is 3. The van der Waals surface area contributed by atoms with Gasteiger partial charge in [0.15, 0.2) is 11.0 Å². The van der Waals surface area contributed by atoms with Gasteiger partial charge in [0.1, 0.15) is 5.75 Å². The van der Waals surface area contributed by atoms with Gasteiger partial charge >= 0.3 is 0 Å². The predicted octanol–water partition coefficient (Wildman–Crippen LogP) is 6.37. The molecule has 2 aromatic carbocycles. The van der Waals surface area contributed by atoms with E-state index in [1.54, 1.807) is 18.9 Å². The Morgan fingerprint density at radius 3 is 2.48 bits per heavy atom. The summed E-state index contributed by atoms with van der Waals surface area (Å²) in [6.45, 7) is 4.34. The van der Waals surface area contributed by atoms with E-state index in [-0.39, 0.29) is 0 Å². The minimum atomic E-state index is 0.483. The Hall–Kier alpha value is -2.27. The second-order valence-corrected chi connectivity index (χ2v) is 8.86. The molecule has 0 amide bonds. The summed E-state index contributed by atoms with van der Waals surface area (Å²) >= 11 is 1.80. The normalized spacial score (nSPS) is 14.9. The zero-order chi connectivity index (χ0) is 20.2. The first-order chi connectivity index (χ1) is 14.2. The van der Waals surface area contributed by atoms with E-state index >= 15 is 0 Å². The number of aryl methyl sites for hydroxylation is 2. The van der Waals surface area contributed by atoms with E-state index in [4.69, 9.17) is 4.74 Å². The fourth-order valence-electron chi connectivity index (χ4n) is 4.08. The smallest absolute Gasteiger partial charge is 0.192 e. The van der Waals surface area contributed by atoms with Crippen molar-refractivity contribution in [1.29, 1.82) is 0 Å². The Labute approximate surface area is 177 Å². The molecule has 0 spiro atoms. The molecular formula is C24H29N3OS. The molecule has 0 bridgehead atoms. The van der Waals surface area contributed by atoms with Gasteiger partial charge in [-0.2, -0.15) is 0 Å². The molecular weight excluding hydrogens is 378 g/mol. The zero-order valence-electron chi connectivity index (χ0n) is 17.5. The molecule has 1 aromatic heterocycles. The van der Waals surface area contributed by atoms with E-state index < -0.39 is 0 Å². The van der Waals surface area contributed by atoms with Crippen molar-refractivity contribution in [2.75, 3.05) is 7.11 Å². The maximum absolute atomic E-state index is 5.32. The number of methoxy groups -OCH3 is 1. The molecule has 1 aliphatic rings. The molecule has 5 heteroatoms. The molecule has 0 aliphatic heterocycles. The summed E-state index contributed by atoms with van der Waals surface area (Å²) in [5.41, 5.74) is 5.11. The summed E-state index contributed by atoms with van der Waals surface area (Å²) in [5.74, 6) is 2.76. The third-order valence-electron chi connectivity index (χ3n) is 5.81. The van der Waals surface area contributed by atoms with Crippen LogP contribution in [-0.4, -0.2) is 21.9 Å². The predicted molar refractivity (Wildman–Crippen MR) is 120 cm³/mol. The van der Waals surface area contributed by atoms with Crippen LogP contribution in [0.2, 0.25) is 0 Å². The molecule has 3 aromatic rings. The van der Waals surface area contributed by atoms with Gasteiger partial charge in [-0.05, 0) is 62.1 Å². The topological polar surface area (TPSA) is 39.9 Å². The summed E-state index contributed by atoms with van der Waals surface area (Å²) in [4.78, 5) is 0. The molecule has 29 heavy (non-hydrogen) atoms. The van der Waals surface area contributed by atoms with Gasteiger partial charge in [-0.3, -0.25) is 4.57 Å². The lowest BCUT2D eigenvalue weighted by molar-refractivity contribution is 0.339. The lowest BCUT2D eigenvalue weighted by atomic mass is 9.95. The molecule has 0 unspecified atom stereocenters. The van der Waals surface area contributed by atoms with Crippen LogP contribution in [0.3, 0.4) is 0 Å². The first-order valence-electron chi connectivity index (χ1n) is 10.4. The summed E-state index contributed by atoms with van der Waals surface area (Å²) in [5, 5.41) is 10.3. The van der Waals surface area contributed by atoms with Crippen molar-refractivity contribution in [3.05, 3.63) is 59.2 Å². The molecule has 4 nitrogen and oxygen atoms in total. The van der Waals surface area contributed by atoms with E-state index in [2.05, 4.69) is 58.9 Å². The Balaban J connectivity index is 1.65. The molecule has 152 valence electrons. The monoisotopic (exact) mass is 407 g/mol. The van der Waals surface area contributed by atoms with Crippen LogP contribution in [0.1, 0.15) is 54.8 Å². The standard InChI is InChI=1S/C24H29N3OS/c1-17-9-10-18(2)20(15-17)16-29-24-26-25-23(19-11-13-22(28-3)14-12-19)27(24)21-7-5-4-6-8-21/h9-15,21H,4-8,16H2,1-3H3. The Morgan fingerprint density at radius 1 is 1.00 bits per heavy atom. The molecule has 1 fully saturated rings. The average Bonchev–Trinajstić information content (AvgIpc) is 3.19. The third-order valence-corrected chi connectivity index (χ3v) is 6.81.